The van der Waals surface area contributed by atoms with Gasteiger partial charge in [0.25, 0.3) is 0 Å². The normalized spacial score (nSPS) is 25.7. The van der Waals surface area contributed by atoms with Crippen molar-refractivity contribution >= 4 is 0 Å². The lowest BCUT2D eigenvalue weighted by Crippen LogP contribution is -2.41. The van der Waals surface area contributed by atoms with Gasteiger partial charge in [0.1, 0.15) is 0 Å². The third kappa shape index (κ3) is 3.42. The maximum Gasteiger partial charge on any atom is 0.229 e. The molecule has 158 valence electrons. The van der Waals surface area contributed by atoms with Crippen molar-refractivity contribution in [3.05, 3.63) is 28.7 Å². The topological polar surface area (TPSA) is 63.2 Å². The summed E-state index contributed by atoms with van der Waals surface area (Å²) in [5.74, 6) is 2.30. The highest BCUT2D eigenvalue weighted by Crippen LogP contribution is 2.48. The van der Waals surface area contributed by atoms with E-state index in [9.17, 15) is 0 Å². The highest BCUT2D eigenvalue weighted by atomic mass is 16.5. The van der Waals surface area contributed by atoms with Crippen molar-refractivity contribution in [3.63, 3.8) is 0 Å². The Morgan fingerprint density at radius 3 is 2.52 bits per heavy atom. The molecule has 0 amide bonds. The summed E-state index contributed by atoms with van der Waals surface area (Å²) in [6.45, 7) is 8.80. The smallest absolute Gasteiger partial charge is 0.229 e. The van der Waals surface area contributed by atoms with E-state index < -0.39 is 0 Å². The summed E-state index contributed by atoms with van der Waals surface area (Å²) in [4.78, 5) is 9.86. The van der Waals surface area contributed by atoms with Gasteiger partial charge in [-0.05, 0) is 71.5 Å². The zero-order valence-corrected chi connectivity index (χ0v) is 18.3. The van der Waals surface area contributed by atoms with Crippen LogP contribution in [0, 0.1) is 19.3 Å². The van der Waals surface area contributed by atoms with E-state index in [2.05, 4.69) is 41.0 Å². The van der Waals surface area contributed by atoms with Gasteiger partial charge >= 0.3 is 0 Å². The van der Waals surface area contributed by atoms with E-state index in [1.54, 1.807) is 0 Å². The Morgan fingerprint density at radius 1 is 1.14 bits per heavy atom. The van der Waals surface area contributed by atoms with Gasteiger partial charge in [-0.15, -0.1) is 0 Å². The number of rotatable bonds is 4. The summed E-state index contributed by atoms with van der Waals surface area (Å²) in [6.07, 6.45) is 7.37. The lowest BCUT2D eigenvalue weighted by Gasteiger charge is -2.39. The summed E-state index contributed by atoms with van der Waals surface area (Å²) in [5.41, 5.74) is 4.26. The van der Waals surface area contributed by atoms with Crippen LogP contribution in [0.3, 0.4) is 0 Å². The highest BCUT2D eigenvalue weighted by molar-refractivity contribution is 5.24. The number of nitrogens with zero attached hydrogens (tertiary/aromatic N) is 6. The van der Waals surface area contributed by atoms with Gasteiger partial charge in [-0.25, -0.2) is 0 Å². The molecule has 4 heterocycles. The van der Waals surface area contributed by atoms with E-state index in [-0.39, 0.29) is 0 Å². The first kappa shape index (κ1) is 19.2. The van der Waals surface area contributed by atoms with Crippen molar-refractivity contribution in [1.82, 2.24) is 29.7 Å². The van der Waals surface area contributed by atoms with Crippen molar-refractivity contribution in [2.45, 2.75) is 70.9 Å². The number of likely N-dealkylation sites (tertiary alicyclic amines) is 2. The number of hydrogen-bond donors (Lipinski definition) is 0. The molecule has 3 fully saturated rings. The number of aromatic nitrogens is 4. The van der Waals surface area contributed by atoms with Crippen LogP contribution >= 0.6 is 0 Å². The predicted octanol–water partition coefficient (Wildman–Crippen LogP) is 3.35. The van der Waals surface area contributed by atoms with Crippen LogP contribution in [0.25, 0.3) is 0 Å². The van der Waals surface area contributed by atoms with E-state index in [1.807, 2.05) is 11.7 Å². The Balaban J connectivity index is 1.22. The maximum atomic E-state index is 5.61. The number of piperidine rings is 1. The molecule has 1 atom stereocenters. The van der Waals surface area contributed by atoms with Crippen molar-refractivity contribution in [1.29, 1.82) is 0 Å². The van der Waals surface area contributed by atoms with Gasteiger partial charge < -0.3 is 4.52 Å². The highest BCUT2D eigenvalue weighted by Gasteiger charge is 2.46. The molecule has 0 N–H and O–H groups in total. The monoisotopic (exact) mass is 398 g/mol. The summed E-state index contributed by atoms with van der Waals surface area (Å²) in [7, 11) is 4.27. The molecule has 1 unspecified atom stereocenters. The molecule has 3 aliphatic rings. The van der Waals surface area contributed by atoms with Crippen molar-refractivity contribution in [2.24, 2.45) is 12.5 Å². The van der Waals surface area contributed by atoms with Crippen molar-refractivity contribution in [2.75, 3.05) is 26.7 Å². The van der Waals surface area contributed by atoms with Gasteiger partial charge in [-0.2, -0.15) is 10.1 Å². The van der Waals surface area contributed by atoms with Crippen LogP contribution in [0.5, 0.6) is 0 Å². The number of aryl methyl sites for hydroxylation is 2. The third-order valence-electron chi connectivity index (χ3n) is 7.91. The predicted molar refractivity (Wildman–Crippen MR) is 111 cm³/mol. The third-order valence-corrected chi connectivity index (χ3v) is 7.91. The second-order valence-electron chi connectivity index (χ2n) is 9.80. The molecule has 5 rings (SSSR count). The first-order chi connectivity index (χ1) is 13.9. The lowest BCUT2D eigenvalue weighted by molar-refractivity contribution is 0.105. The Kier molecular flexibility index (Phi) is 4.78. The fourth-order valence-electron chi connectivity index (χ4n) is 5.58. The minimum atomic E-state index is 0.307. The Bertz CT molecular complexity index is 874. The molecule has 1 saturated carbocycles. The average molecular weight is 399 g/mol. The first-order valence-electron chi connectivity index (χ1n) is 11.2. The van der Waals surface area contributed by atoms with Gasteiger partial charge in [0.05, 0.1) is 11.7 Å². The SMILES string of the molecule is Cc1nn(C)c(C)c1CN1CCC2(CC1)CC(c1noc(C3CCC3)n1)N(C)C2. The number of hydrogen-bond acceptors (Lipinski definition) is 6. The first-order valence-corrected chi connectivity index (χ1v) is 11.2. The lowest BCUT2D eigenvalue weighted by atomic mass is 9.76. The zero-order valence-electron chi connectivity index (χ0n) is 18.3. The van der Waals surface area contributed by atoms with Crippen LogP contribution in [-0.4, -0.2) is 56.4 Å². The average Bonchev–Trinajstić information content (AvgIpc) is 3.30. The van der Waals surface area contributed by atoms with E-state index >= 15 is 0 Å². The summed E-state index contributed by atoms with van der Waals surface area (Å²) >= 11 is 0. The molecule has 0 aromatic carbocycles. The molecule has 7 heteroatoms. The van der Waals surface area contributed by atoms with E-state index in [0.29, 0.717) is 17.4 Å². The molecule has 2 aromatic heterocycles. The molecular weight excluding hydrogens is 364 g/mol. The molecular formula is C22H34N6O. The Morgan fingerprint density at radius 2 is 1.90 bits per heavy atom. The summed E-state index contributed by atoms with van der Waals surface area (Å²) in [5, 5.41) is 8.96. The molecule has 7 nitrogen and oxygen atoms in total. The molecule has 29 heavy (non-hydrogen) atoms. The second kappa shape index (κ2) is 7.20. The molecule has 2 aromatic rings. The van der Waals surface area contributed by atoms with Crippen LogP contribution in [0.4, 0.5) is 0 Å². The van der Waals surface area contributed by atoms with Crippen LogP contribution < -0.4 is 0 Å². The summed E-state index contributed by atoms with van der Waals surface area (Å²) in [6, 6.07) is 0.307. The standard InChI is InChI=1S/C22H34N6O/c1-15-18(16(2)27(4)24-15)13-28-10-8-22(9-11-28)12-19(26(3)14-22)20-23-21(29-25-20)17-6-5-7-17/h17,19H,5-14H2,1-4H3. The van der Waals surface area contributed by atoms with Gasteiger partial charge in [-0.3, -0.25) is 14.5 Å². The minimum absolute atomic E-state index is 0.307. The Labute approximate surface area is 173 Å². The largest absolute Gasteiger partial charge is 0.339 e. The van der Waals surface area contributed by atoms with Crippen LogP contribution in [-0.2, 0) is 13.6 Å². The molecule has 2 saturated heterocycles. The van der Waals surface area contributed by atoms with E-state index in [1.165, 1.54) is 49.1 Å². The quantitative estimate of drug-likeness (QED) is 0.787. The fourth-order valence-corrected chi connectivity index (χ4v) is 5.58. The van der Waals surface area contributed by atoms with Crippen LogP contribution in [0.15, 0.2) is 4.52 Å². The van der Waals surface area contributed by atoms with Crippen molar-refractivity contribution in [3.8, 4) is 0 Å². The van der Waals surface area contributed by atoms with E-state index in [0.717, 1.165) is 44.3 Å². The second-order valence-corrected chi connectivity index (χ2v) is 9.80. The molecule has 1 spiro atoms. The summed E-state index contributed by atoms with van der Waals surface area (Å²) < 4.78 is 7.62. The fraction of sp³-hybridized carbons (Fsp3) is 0.773. The van der Waals surface area contributed by atoms with Crippen LogP contribution in [0.1, 0.15) is 79.2 Å². The molecule has 1 aliphatic carbocycles. The van der Waals surface area contributed by atoms with Gasteiger partial charge in [0, 0.05) is 37.3 Å². The van der Waals surface area contributed by atoms with Gasteiger partial charge in [-0.1, -0.05) is 11.6 Å². The van der Waals surface area contributed by atoms with Crippen LogP contribution in [0.2, 0.25) is 0 Å². The van der Waals surface area contributed by atoms with Crippen molar-refractivity contribution < 1.29 is 4.52 Å². The van der Waals surface area contributed by atoms with E-state index in [4.69, 9.17) is 9.51 Å². The zero-order chi connectivity index (χ0) is 20.2. The Hall–Kier alpha value is -1.73. The minimum Gasteiger partial charge on any atom is -0.339 e. The molecule has 2 aliphatic heterocycles. The molecule has 0 bridgehead atoms. The molecule has 0 radical (unpaired) electrons. The van der Waals surface area contributed by atoms with Gasteiger partial charge in [0.15, 0.2) is 5.82 Å². The van der Waals surface area contributed by atoms with Gasteiger partial charge in [0.2, 0.25) is 5.89 Å². The maximum absolute atomic E-state index is 5.61.